The third kappa shape index (κ3) is 7.60. The van der Waals surface area contributed by atoms with Gasteiger partial charge in [0, 0.05) is 18.5 Å². The van der Waals surface area contributed by atoms with Gasteiger partial charge in [-0.15, -0.1) is 0 Å². The number of Topliss-reactive ketones (excluding diaryl/α,β-unsaturated/α-hetero) is 1. The molecule has 0 aliphatic rings. The lowest BCUT2D eigenvalue weighted by Gasteiger charge is -2.06. The number of ether oxygens (including phenoxy) is 1. The van der Waals surface area contributed by atoms with Gasteiger partial charge in [0.15, 0.2) is 0 Å². The summed E-state index contributed by atoms with van der Waals surface area (Å²) in [5.41, 5.74) is 0.339. The molecule has 0 spiro atoms. The van der Waals surface area contributed by atoms with E-state index in [0.29, 0.717) is 18.5 Å². The fourth-order valence-corrected chi connectivity index (χ4v) is 1.12. The van der Waals surface area contributed by atoms with Crippen LogP contribution in [0, 0.1) is 5.92 Å². The van der Waals surface area contributed by atoms with E-state index in [2.05, 4.69) is 11.9 Å². The second-order valence-electron chi connectivity index (χ2n) is 4.55. The van der Waals surface area contributed by atoms with Crippen molar-refractivity contribution in [2.75, 3.05) is 13.2 Å². The Hall–Kier alpha value is -1.65. The monoisotopic (exact) mass is 255 g/mol. The first-order chi connectivity index (χ1) is 8.34. The Morgan fingerprint density at radius 1 is 1.28 bits per heavy atom. The maximum atomic E-state index is 11.3. The Morgan fingerprint density at radius 2 is 1.89 bits per heavy atom. The average molecular weight is 255 g/mol. The first-order valence-electron chi connectivity index (χ1n) is 5.98. The number of esters is 1. The number of amides is 1. The average Bonchev–Trinajstić information content (AvgIpc) is 2.26. The van der Waals surface area contributed by atoms with Crippen LogP contribution in [0.15, 0.2) is 12.2 Å². The Kier molecular flexibility index (Phi) is 7.67. The van der Waals surface area contributed by atoms with Gasteiger partial charge in [0.25, 0.3) is 5.91 Å². The Balaban J connectivity index is 3.66. The van der Waals surface area contributed by atoms with Gasteiger partial charge in [-0.05, 0) is 19.3 Å². The topological polar surface area (TPSA) is 72.5 Å². The summed E-state index contributed by atoms with van der Waals surface area (Å²) in [7, 11) is 0. The van der Waals surface area contributed by atoms with Crippen molar-refractivity contribution < 1.29 is 19.1 Å². The molecule has 0 bridgehead atoms. The first-order valence-corrected chi connectivity index (χ1v) is 5.98. The summed E-state index contributed by atoms with van der Waals surface area (Å²) in [4.78, 5) is 33.6. The fraction of sp³-hybridized carbons (Fsp3) is 0.615. The Labute approximate surface area is 108 Å². The Morgan fingerprint density at radius 3 is 2.39 bits per heavy atom. The minimum atomic E-state index is -0.574. The molecule has 0 aromatic rings. The minimum Gasteiger partial charge on any atom is -0.462 e. The van der Waals surface area contributed by atoms with Crippen LogP contribution in [-0.4, -0.2) is 30.8 Å². The van der Waals surface area contributed by atoms with E-state index in [1.165, 1.54) is 0 Å². The van der Waals surface area contributed by atoms with E-state index in [1.807, 2.05) is 13.8 Å². The molecular weight excluding hydrogens is 234 g/mol. The summed E-state index contributed by atoms with van der Waals surface area (Å²) in [5, 5.41) is 2.49. The number of hydrogen-bond donors (Lipinski definition) is 1. The zero-order valence-corrected chi connectivity index (χ0v) is 11.2. The van der Waals surface area contributed by atoms with Gasteiger partial charge in [-0.1, -0.05) is 20.4 Å². The summed E-state index contributed by atoms with van der Waals surface area (Å²) in [6, 6.07) is 0. The summed E-state index contributed by atoms with van der Waals surface area (Å²) in [6.45, 7) is 9.27. The standard InChI is InChI=1S/C13H21NO4/c1-9(2)8-11(15)12(16)14-6-5-7-18-13(17)10(3)4/h9H,3,5-8H2,1-2,4H3,(H,14,16). The van der Waals surface area contributed by atoms with Crippen molar-refractivity contribution in [3.05, 3.63) is 12.2 Å². The largest absolute Gasteiger partial charge is 0.462 e. The van der Waals surface area contributed by atoms with E-state index in [-0.39, 0.29) is 18.9 Å². The third-order valence-corrected chi connectivity index (χ3v) is 2.04. The van der Waals surface area contributed by atoms with Crippen LogP contribution in [0.5, 0.6) is 0 Å². The number of nitrogens with one attached hydrogen (secondary N) is 1. The number of carbonyl (C=O) groups excluding carboxylic acids is 3. The van der Waals surface area contributed by atoms with Gasteiger partial charge < -0.3 is 10.1 Å². The zero-order chi connectivity index (χ0) is 14.1. The molecule has 5 heteroatoms. The molecule has 0 atom stereocenters. The van der Waals surface area contributed by atoms with Crippen LogP contribution >= 0.6 is 0 Å². The molecular formula is C13H21NO4. The molecule has 0 aliphatic carbocycles. The summed E-state index contributed by atoms with van der Waals surface area (Å²) in [6.07, 6.45) is 0.718. The molecule has 18 heavy (non-hydrogen) atoms. The van der Waals surface area contributed by atoms with E-state index in [0.717, 1.165) is 0 Å². The van der Waals surface area contributed by atoms with Crippen LogP contribution in [0.25, 0.3) is 0 Å². The number of ketones is 1. The molecule has 0 radical (unpaired) electrons. The molecule has 0 aromatic carbocycles. The lowest BCUT2D eigenvalue weighted by Crippen LogP contribution is -2.32. The molecule has 0 saturated carbocycles. The quantitative estimate of drug-likeness (QED) is 0.306. The van der Waals surface area contributed by atoms with Crippen molar-refractivity contribution in [1.29, 1.82) is 0 Å². The molecule has 0 saturated heterocycles. The maximum absolute atomic E-state index is 11.3. The predicted molar refractivity (Wildman–Crippen MR) is 67.9 cm³/mol. The van der Waals surface area contributed by atoms with E-state index in [1.54, 1.807) is 6.92 Å². The molecule has 5 nitrogen and oxygen atoms in total. The highest BCUT2D eigenvalue weighted by Crippen LogP contribution is 1.99. The van der Waals surface area contributed by atoms with E-state index < -0.39 is 17.7 Å². The minimum absolute atomic E-state index is 0.166. The highest BCUT2D eigenvalue weighted by atomic mass is 16.5. The summed E-state index contributed by atoms with van der Waals surface area (Å²) >= 11 is 0. The normalized spacial score (nSPS) is 10.0. The molecule has 0 unspecified atom stereocenters. The van der Waals surface area contributed by atoms with E-state index in [4.69, 9.17) is 4.74 Å². The smallest absolute Gasteiger partial charge is 0.333 e. The third-order valence-electron chi connectivity index (χ3n) is 2.04. The van der Waals surface area contributed by atoms with Crippen molar-refractivity contribution in [3.8, 4) is 0 Å². The summed E-state index contributed by atoms with van der Waals surface area (Å²) < 4.78 is 4.84. The highest BCUT2D eigenvalue weighted by Gasteiger charge is 2.14. The number of hydrogen-bond acceptors (Lipinski definition) is 4. The lowest BCUT2D eigenvalue weighted by molar-refractivity contribution is -0.139. The molecule has 102 valence electrons. The van der Waals surface area contributed by atoms with Gasteiger partial charge in [0.05, 0.1) is 6.61 Å². The van der Waals surface area contributed by atoms with E-state index >= 15 is 0 Å². The SMILES string of the molecule is C=C(C)C(=O)OCCCNC(=O)C(=O)CC(C)C. The van der Waals surface area contributed by atoms with Crippen LogP contribution in [-0.2, 0) is 19.1 Å². The van der Waals surface area contributed by atoms with Gasteiger partial charge in [-0.25, -0.2) is 4.79 Å². The van der Waals surface area contributed by atoms with Crippen LogP contribution in [0.1, 0.15) is 33.6 Å². The van der Waals surface area contributed by atoms with Gasteiger partial charge in [-0.3, -0.25) is 9.59 Å². The second kappa shape index (κ2) is 8.44. The van der Waals surface area contributed by atoms with Crippen molar-refractivity contribution in [2.24, 2.45) is 5.92 Å². The molecule has 0 rings (SSSR count). The summed E-state index contributed by atoms with van der Waals surface area (Å²) in [5.74, 6) is -1.27. The van der Waals surface area contributed by atoms with Gasteiger partial charge >= 0.3 is 5.97 Å². The van der Waals surface area contributed by atoms with Gasteiger partial charge in [0.2, 0.25) is 5.78 Å². The number of carbonyl (C=O) groups is 3. The van der Waals surface area contributed by atoms with Crippen LogP contribution in [0.4, 0.5) is 0 Å². The van der Waals surface area contributed by atoms with E-state index in [9.17, 15) is 14.4 Å². The molecule has 0 heterocycles. The highest BCUT2D eigenvalue weighted by molar-refractivity contribution is 6.36. The molecule has 1 N–H and O–H groups in total. The predicted octanol–water partition coefficient (Wildman–Crippen LogP) is 1.23. The number of rotatable bonds is 8. The first kappa shape index (κ1) is 16.4. The molecule has 0 aliphatic heterocycles. The zero-order valence-electron chi connectivity index (χ0n) is 11.2. The Bertz CT molecular complexity index is 334. The van der Waals surface area contributed by atoms with Crippen molar-refractivity contribution in [3.63, 3.8) is 0 Å². The fourth-order valence-electron chi connectivity index (χ4n) is 1.12. The van der Waals surface area contributed by atoms with Crippen LogP contribution in [0.3, 0.4) is 0 Å². The second-order valence-corrected chi connectivity index (χ2v) is 4.55. The molecule has 0 aromatic heterocycles. The lowest BCUT2D eigenvalue weighted by atomic mass is 10.1. The van der Waals surface area contributed by atoms with Crippen molar-refractivity contribution >= 4 is 17.7 Å². The van der Waals surface area contributed by atoms with Crippen LogP contribution < -0.4 is 5.32 Å². The molecule has 1 amide bonds. The van der Waals surface area contributed by atoms with Crippen molar-refractivity contribution in [1.82, 2.24) is 5.32 Å². The van der Waals surface area contributed by atoms with Crippen LogP contribution in [0.2, 0.25) is 0 Å². The van der Waals surface area contributed by atoms with Gasteiger partial charge in [0.1, 0.15) is 0 Å². The molecule has 0 fully saturated rings. The maximum Gasteiger partial charge on any atom is 0.333 e. The van der Waals surface area contributed by atoms with Gasteiger partial charge in [-0.2, -0.15) is 0 Å². The van der Waals surface area contributed by atoms with Crippen molar-refractivity contribution in [2.45, 2.75) is 33.6 Å².